The van der Waals surface area contributed by atoms with Crippen LogP contribution in [0.3, 0.4) is 0 Å². The topological polar surface area (TPSA) is 90.1 Å². The number of amides is 1. The van der Waals surface area contributed by atoms with E-state index >= 15 is 0 Å². The van der Waals surface area contributed by atoms with E-state index in [0.29, 0.717) is 22.8 Å². The van der Waals surface area contributed by atoms with Gasteiger partial charge in [0.1, 0.15) is 17.9 Å². The van der Waals surface area contributed by atoms with Gasteiger partial charge in [0.05, 0.1) is 11.0 Å². The number of carbonyl (C=O) groups excluding carboxylic acids is 1. The lowest BCUT2D eigenvalue weighted by molar-refractivity contribution is -0.386. The van der Waals surface area contributed by atoms with Crippen molar-refractivity contribution >= 4 is 23.2 Å². The SMILES string of the molecule is CCC(NC(=O)Cn1nc(C)c([N+](=O)[O-])c1C)c1ccc(Cl)cc1. The fourth-order valence-corrected chi connectivity index (χ4v) is 2.72. The third kappa shape index (κ3) is 3.91. The first-order valence-electron chi connectivity index (χ1n) is 7.56. The Morgan fingerprint density at radius 2 is 2.00 bits per heavy atom. The number of halogens is 1. The van der Waals surface area contributed by atoms with Gasteiger partial charge in [0, 0.05) is 5.02 Å². The van der Waals surface area contributed by atoms with Gasteiger partial charge >= 0.3 is 5.69 Å². The molecule has 2 rings (SSSR count). The molecule has 7 nitrogen and oxygen atoms in total. The molecule has 0 fully saturated rings. The lowest BCUT2D eigenvalue weighted by atomic mass is 10.0. The van der Waals surface area contributed by atoms with Crippen LogP contribution in [-0.4, -0.2) is 20.6 Å². The highest BCUT2D eigenvalue weighted by atomic mass is 35.5. The van der Waals surface area contributed by atoms with Crippen molar-refractivity contribution in [2.24, 2.45) is 0 Å². The Kier molecular flexibility index (Phi) is 5.56. The van der Waals surface area contributed by atoms with Gasteiger partial charge in [-0.05, 0) is 38.0 Å². The number of hydrogen-bond acceptors (Lipinski definition) is 4. The first-order chi connectivity index (χ1) is 11.3. The van der Waals surface area contributed by atoms with Gasteiger partial charge in [-0.2, -0.15) is 5.10 Å². The van der Waals surface area contributed by atoms with Crippen LogP contribution in [0.2, 0.25) is 5.02 Å². The second-order valence-corrected chi connectivity index (χ2v) is 5.95. The van der Waals surface area contributed by atoms with Crippen molar-refractivity contribution in [2.75, 3.05) is 0 Å². The van der Waals surface area contributed by atoms with Crippen LogP contribution >= 0.6 is 11.6 Å². The highest BCUT2D eigenvalue weighted by Crippen LogP contribution is 2.22. The zero-order chi connectivity index (χ0) is 17.9. The van der Waals surface area contributed by atoms with E-state index in [2.05, 4.69) is 10.4 Å². The minimum atomic E-state index is -0.478. The number of nitro groups is 1. The molecule has 24 heavy (non-hydrogen) atoms. The fourth-order valence-electron chi connectivity index (χ4n) is 2.60. The molecule has 0 aliphatic heterocycles. The summed E-state index contributed by atoms with van der Waals surface area (Å²) in [4.78, 5) is 22.8. The van der Waals surface area contributed by atoms with Gasteiger partial charge in [0.2, 0.25) is 5.91 Å². The molecule has 0 radical (unpaired) electrons. The van der Waals surface area contributed by atoms with E-state index in [9.17, 15) is 14.9 Å². The Labute approximate surface area is 144 Å². The van der Waals surface area contributed by atoms with Crippen molar-refractivity contribution < 1.29 is 9.72 Å². The zero-order valence-corrected chi connectivity index (χ0v) is 14.5. The standard InChI is InChI=1S/C16H19ClN4O3/c1-4-14(12-5-7-13(17)8-6-12)18-15(22)9-20-11(3)16(21(23)24)10(2)19-20/h5-8,14H,4,9H2,1-3H3,(H,18,22). The Hall–Kier alpha value is -2.41. The molecule has 1 unspecified atom stereocenters. The molecule has 1 aromatic heterocycles. The maximum absolute atomic E-state index is 12.3. The quantitative estimate of drug-likeness (QED) is 0.639. The van der Waals surface area contributed by atoms with Crippen molar-refractivity contribution in [3.05, 3.63) is 56.4 Å². The van der Waals surface area contributed by atoms with Crippen LogP contribution in [0.15, 0.2) is 24.3 Å². The van der Waals surface area contributed by atoms with Crippen LogP contribution in [0.25, 0.3) is 0 Å². The number of aryl methyl sites for hydroxylation is 1. The summed E-state index contributed by atoms with van der Waals surface area (Å²) in [5.41, 5.74) is 1.57. The summed E-state index contributed by atoms with van der Waals surface area (Å²) in [5, 5.41) is 18.7. The maximum atomic E-state index is 12.3. The molecule has 1 amide bonds. The second kappa shape index (κ2) is 7.44. The van der Waals surface area contributed by atoms with Gasteiger partial charge in [-0.15, -0.1) is 0 Å². The van der Waals surface area contributed by atoms with E-state index in [1.165, 1.54) is 4.68 Å². The Bertz CT molecular complexity index is 755. The molecule has 0 aliphatic rings. The van der Waals surface area contributed by atoms with E-state index in [-0.39, 0.29) is 24.2 Å². The van der Waals surface area contributed by atoms with E-state index in [4.69, 9.17) is 11.6 Å². The minimum absolute atomic E-state index is 0.0486. The van der Waals surface area contributed by atoms with E-state index in [1.807, 2.05) is 19.1 Å². The molecule has 0 aliphatic carbocycles. The molecular formula is C16H19ClN4O3. The Balaban J connectivity index is 2.11. The average molecular weight is 351 g/mol. The monoisotopic (exact) mass is 350 g/mol. The molecule has 0 spiro atoms. The van der Waals surface area contributed by atoms with Gasteiger partial charge in [-0.25, -0.2) is 0 Å². The summed E-state index contributed by atoms with van der Waals surface area (Å²) in [6.45, 7) is 5.04. The predicted octanol–water partition coefficient (Wildman–Crippen LogP) is 3.33. The molecule has 1 heterocycles. The highest BCUT2D eigenvalue weighted by Gasteiger charge is 2.23. The van der Waals surface area contributed by atoms with Crippen molar-refractivity contribution in [1.29, 1.82) is 0 Å². The van der Waals surface area contributed by atoms with Crippen LogP contribution in [0, 0.1) is 24.0 Å². The molecule has 0 saturated heterocycles. The third-order valence-electron chi connectivity index (χ3n) is 3.84. The highest BCUT2D eigenvalue weighted by molar-refractivity contribution is 6.30. The first-order valence-corrected chi connectivity index (χ1v) is 7.94. The summed E-state index contributed by atoms with van der Waals surface area (Å²) in [5.74, 6) is -0.253. The van der Waals surface area contributed by atoms with Crippen LogP contribution in [-0.2, 0) is 11.3 Å². The van der Waals surface area contributed by atoms with E-state index < -0.39 is 4.92 Å². The molecule has 1 N–H and O–H groups in total. The van der Waals surface area contributed by atoms with Crippen LogP contribution in [0.5, 0.6) is 0 Å². The lowest BCUT2D eigenvalue weighted by Gasteiger charge is -2.17. The molecule has 1 aromatic carbocycles. The number of aromatic nitrogens is 2. The number of hydrogen-bond donors (Lipinski definition) is 1. The van der Waals surface area contributed by atoms with Gasteiger partial charge in [-0.1, -0.05) is 30.7 Å². The van der Waals surface area contributed by atoms with Crippen molar-refractivity contribution in [1.82, 2.24) is 15.1 Å². The maximum Gasteiger partial charge on any atom is 0.312 e. The smallest absolute Gasteiger partial charge is 0.312 e. The number of nitrogens with zero attached hydrogens (tertiary/aromatic N) is 3. The van der Waals surface area contributed by atoms with Gasteiger partial charge in [-0.3, -0.25) is 19.6 Å². The molecular weight excluding hydrogens is 332 g/mol. The largest absolute Gasteiger partial charge is 0.348 e. The summed E-state index contributed by atoms with van der Waals surface area (Å²) in [6, 6.07) is 7.13. The Morgan fingerprint density at radius 3 is 2.50 bits per heavy atom. The molecule has 1 atom stereocenters. The van der Waals surface area contributed by atoms with E-state index in [0.717, 1.165) is 5.56 Å². The Morgan fingerprint density at radius 1 is 1.38 bits per heavy atom. The van der Waals surface area contributed by atoms with Gasteiger partial charge in [0.15, 0.2) is 0 Å². The van der Waals surface area contributed by atoms with Gasteiger partial charge < -0.3 is 5.32 Å². The lowest BCUT2D eigenvalue weighted by Crippen LogP contribution is -2.31. The fraction of sp³-hybridized carbons (Fsp3) is 0.375. The van der Waals surface area contributed by atoms with Crippen molar-refractivity contribution in [3.63, 3.8) is 0 Å². The number of rotatable bonds is 6. The zero-order valence-electron chi connectivity index (χ0n) is 13.7. The van der Waals surface area contributed by atoms with Crippen LogP contribution in [0.1, 0.15) is 36.3 Å². The summed E-state index contributed by atoms with van der Waals surface area (Å²) in [6.07, 6.45) is 0.713. The van der Waals surface area contributed by atoms with Crippen molar-refractivity contribution in [2.45, 2.75) is 39.8 Å². The number of benzene rings is 1. The van der Waals surface area contributed by atoms with Crippen LogP contribution in [0.4, 0.5) is 5.69 Å². The first kappa shape index (κ1) is 17.9. The summed E-state index contributed by atoms with van der Waals surface area (Å²) >= 11 is 5.88. The molecule has 0 saturated carbocycles. The normalized spacial score (nSPS) is 12.0. The van der Waals surface area contributed by atoms with E-state index in [1.54, 1.807) is 26.0 Å². The molecule has 0 bridgehead atoms. The number of carbonyl (C=O) groups is 1. The minimum Gasteiger partial charge on any atom is -0.348 e. The molecule has 8 heteroatoms. The average Bonchev–Trinajstić information content (AvgIpc) is 2.80. The summed E-state index contributed by atoms with van der Waals surface area (Å²) < 4.78 is 1.36. The molecule has 128 valence electrons. The summed E-state index contributed by atoms with van der Waals surface area (Å²) in [7, 11) is 0. The van der Waals surface area contributed by atoms with Gasteiger partial charge in [0.25, 0.3) is 0 Å². The second-order valence-electron chi connectivity index (χ2n) is 5.51. The van der Waals surface area contributed by atoms with Crippen LogP contribution < -0.4 is 5.32 Å². The third-order valence-corrected chi connectivity index (χ3v) is 4.09. The van der Waals surface area contributed by atoms with Crippen molar-refractivity contribution in [3.8, 4) is 0 Å². The number of nitrogens with one attached hydrogen (secondary N) is 1. The molecule has 2 aromatic rings. The predicted molar refractivity (Wildman–Crippen MR) is 91.0 cm³/mol.